The van der Waals surface area contributed by atoms with Crippen LogP contribution in [-0.4, -0.2) is 5.78 Å². The summed E-state index contributed by atoms with van der Waals surface area (Å²) in [4.78, 5) is 11.9. The predicted octanol–water partition coefficient (Wildman–Crippen LogP) is 4.08. The van der Waals surface area contributed by atoms with Gasteiger partial charge in [0.15, 0.2) is 5.78 Å². The summed E-state index contributed by atoms with van der Waals surface area (Å²) in [5, 5.41) is 0. The summed E-state index contributed by atoms with van der Waals surface area (Å²) in [7, 11) is 0. The first-order valence-corrected chi connectivity index (χ1v) is 5.35. The lowest BCUT2D eigenvalue weighted by Crippen LogP contribution is -2.06. The van der Waals surface area contributed by atoms with Crippen molar-refractivity contribution in [1.29, 1.82) is 0 Å². The van der Waals surface area contributed by atoms with Gasteiger partial charge in [-0.3, -0.25) is 4.79 Å². The highest BCUT2D eigenvalue weighted by Crippen LogP contribution is 2.29. The molecule has 0 amide bonds. The molecule has 98 valence electrons. The lowest BCUT2D eigenvalue weighted by Gasteiger charge is -2.07. The molecule has 0 saturated carbocycles. The molecule has 0 aromatic heterocycles. The number of hydrogen-bond acceptors (Lipinski definition) is 1. The minimum absolute atomic E-state index is 0.125. The van der Waals surface area contributed by atoms with Gasteiger partial charge >= 0.3 is 6.18 Å². The van der Waals surface area contributed by atoms with E-state index in [0.717, 1.165) is 36.4 Å². The third kappa shape index (κ3) is 2.99. The summed E-state index contributed by atoms with van der Waals surface area (Å²) in [5.41, 5.74) is -0.469. The molecule has 0 aliphatic rings. The molecule has 5 heteroatoms. The number of hydrogen-bond donors (Lipinski definition) is 0. The van der Waals surface area contributed by atoms with Crippen molar-refractivity contribution in [2.75, 3.05) is 0 Å². The van der Waals surface area contributed by atoms with E-state index in [9.17, 15) is 22.4 Å². The molecule has 0 unspecified atom stereocenters. The summed E-state index contributed by atoms with van der Waals surface area (Å²) >= 11 is 0. The van der Waals surface area contributed by atoms with Gasteiger partial charge in [0.25, 0.3) is 0 Å². The van der Waals surface area contributed by atoms with E-state index < -0.39 is 23.3 Å². The van der Waals surface area contributed by atoms with E-state index in [1.54, 1.807) is 0 Å². The molecule has 2 aromatic carbocycles. The lowest BCUT2D eigenvalue weighted by molar-refractivity contribution is -0.137. The molecule has 0 atom stereocenters. The number of alkyl halides is 3. The molecule has 0 radical (unpaired) electrons. The number of halogens is 4. The Labute approximate surface area is 106 Å². The Morgan fingerprint density at radius 3 is 1.63 bits per heavy atom. The molecule has 2 rings (SSSR count). The van der Waals surface area contributed by atoms with Crippen molar-refractivity contribution in [2.45, 2.75) is 6.18 Å². The van der Waals surface area contributed by atoms with E-state index in [1.165, 1.54) is 12.1 Å². The SMILES string of the molecule is O=C(c1ccc(F)cc1)c1ccc(C(F)(F)F)cc1. The molecule has 0 aliphatic heterocycles. The van der Waals surface area contributed by atoms with Crippen molar-refractivity contribution in [3.8, 4) is 0 Å². The second-order valence-electron chi connectivity index (χ2n) is 3.91. The number of benzene rings is 2. The van der Waals surface area contributed by atoms with Gasteiger partial charge in [0.1, 0.15) is 5.82 Å². The minimum atomic E-state index is -4.43. The van der Waals surface area contributed by atoms with E-state index in [2.05, 4.69) is 0 Å². The zero-order chi connectivity index (χ0) is 14.0. The topological polar surface area (TPSA) is 17.1 Å². The molecule has 0 heterocycles. The van der Waals surface area contributed by atoms with Gasteiger partial charge in [0.05, 0.1) is 5.56 Å². The highest BCUT2D eigenvalue weighted by Gasteiger charge is 2.30. The van der Waals surface area contributed by atoms with Gasteiger partial charge in [0, 0.05) is 11.1 Å². The molecule has 0 saturated heterocycles. The molecule has 0 N–H and O–H groups in total. The van der Waals surface area contributed by atoms with Crippen LogP contribution in [0.3, 0.4) is 0 Å². The Bertz CT molecular complexity index is 582. The summed E-state index contributed by atoms with van der Waals surface area (Å²) < 4.78 is 49.8. The van der Waals surface area contributed by atoms with Gasteiger partial charge in [-0.2, -0.15) is 13.2 Å². The number of carbonyl (C=O) groups is 1. The van der Waals surface area contributed by atoms with Crippen LogP contribution in [0.1, 0.15) is 21.5 Å². The van der Waals surface area contributed by atoms with Crippen LogP contribution >= 0.6 is 0 Å². The monoisotopic (exact) mass is 268 g/mol. The van der Waals surface area contributed by atoms with Crippen molar-refractivity contribution in [3.05, 3.63) is 71.0 Å². The van der Waals surface area contributed by atoms with Gasteiger partial charge in [-0.05, 0) is 36.4 Å². The Morgan fingerprint density at radius 2 is 1.21 bits per heavy atom. The van der Waals surface area contributed by atoms with Crippen molar-refractivity contribution < 1.29 is 22.4 Å². The van der Waals surface area contributed by atoms with Gasteiger partial charge in [-0.15, -0.1) is 0 Å². The van der Waals surface area contributed by atoms with E-state index in [1.807, 2.05) is 0 Å². The highest BCUT2D eigenvalue weighted by molar-refractivity contribution is 6.08. The van der Waals surface area contributed by atoms with E-state index in [-0.39, 0.29) is 11.1 Å². The Kier molecular flexibility index (Phi) is 3.38. The maximum absolute atomic E-state index is 12.7. The normalized spacial score (nSPS) is 11.4. The van der Waals surface area contributed by atoms with Crippen LogP contribution in [0.4, 0.5) is 17.6 Å². The van der Waals surface area contributed by atoms with E-state index in [4.69, 9.17) is 0 Å². The molecule has 19 heavy (non-hydrogen) atoms. The molecule has 2 aromatic rings. The molecule has 0 aliphatic carbocycles. The highest BCUT2D eigenvalue weighted by atomic mass is 19.4. The number of carbonyl (C=O) groups excluding carboxylic acids is 1. The Balaban J connectivity index is 2.27. The van der Waals surface area contributed by atoms with E-state index in [0.29, 0.717) is 0 Å². The first-order valence-electron chi connectivity index (χ1n) is 5.35. The first-order chi connectivity index (χ1) is 8.88. The molecule has 0 spiro atoms. The van der Waals surface area contributed by atoms with Crippen LogP contribution in [0.5, 0.6) is 0 Å². The molecule has 0 bridgehead atoms. The predicted molar refractivity (Wildman–Crippen MR) is 61.3 cm³/mol. The van der Waals surface area contributed by atoms with Crippen molar-refractivity contribution in [1.82, 2.24) is 0 Å². The van der Waals surface area contributed by atoms with Crippen LogP contribution in [0.15, 0.2) is 48.5 Å². The quantitative estimate of drug-likeness (QED) is 0.592. The van der Waals surface area contributed by atoms with Crippen LogP contribution in [0.2, 0.25) is 0 Å². The number of ketones is 1. The average Bonchev–Trinajstić information content (AvgIpc) is 2.38. The van der Waals surface area contributed by atoms with Crippen LogP contribution in [-0.2, 0) is 6.18 Å². The van der Waals surface area contributed by atoms with Gasteiger partial charge in [-0.1, -0.05) is 12.1 Å². The van der Waals surface area contributed by atoms with Crippen LogP contribution in [0.25, 0.3) is 0 Å². The summed E-state index contributed by atoms with van der Waals surface area (Å²) in [6, 6.07) is 8.72. The smallest absolute Gasteiger partial charge is 0.289 e. The van der Waals surface area contributed by atoms with Gasteiger partial charge in [-0.25, -0.2) is 4.39 Å². The second-order valence-corrected chi connectivity index (χ2v) is 3.91. The summed E-state index contributed by atoms with van der Waals surface area (Å²) in [5.74, 6) is -0.933. The zero-order valence-electron chi connectivity index (χ0n) is 9.54. The molecular weight excluding hydrogens is 260 g/mol. The molecular formula is C14H8F4O. The van der Waals surface area contributed by atoms with Gasteiger partial charge in [0.2, 0.25) is 0 Å². The second kappa shape index (κ2) is 4.84. The molecule has 1 nitrogen and oxygen atoms in total. The van der Waals surface area contributed by atoms with Gasteiger partial charge < -0.3 is 0 Å². The maximum Gasteiger partial charge on any atom is 0.416 e. The summed E-state index contributed by atoms with van der Waals surface area (Å²) in [6.07, 6.45) is -4.43. The fraction of sp³-hybridized carbons (Fsp3) is 0.0714. The van der Waals surface area contributed by atoms with Crippen molar-refractivity contribution in [3.63, 3.8) is 0 Å². The lowest BCUT2D eigenvalue weighted by atomic mass is 10.0. The maximum atomic E-state index is 12.7. The van der Waals surface area contributed by atoms with Crippen LogP contribution < -0.4 is 0 Å². The number of rotatable bonds is 2. The standard InChI is InChI=1S/C14H8F4O/c15-12-7-3-10(4-8-12)13(19)9-1-5-11(6-2-9)14(16,17)18/h1-8H. The van der Waals surface area contributed by atoms with E-state index >= 15 is 0 Å². The average molecular weight is 268 g/mol. The third-order valence-corrected chi connectivity index (χ3v) is 2.58. The molecule has 0 fully saturated rings. The van der Waals surface area contributed by atoms with Crippen molar-refractivity contribution in [2.24, 2.45) is 0 Å². The fourth-order valence-corrected chi connectivity index (χ4v) is 1.58. The Morgan fingerprint density at radius 1 is 0.789 bits per heavy atom. The summed E-state index contributed by atoms with van der Waals surface area (Å²) in [6.45, 7) is 0. The minimum Gasteiger partial charge on any atom is -0.289 e. The fourth-order valence-electron chi connectivity index (χ4n) is 1.58. The largest absolute Gasteiger partial charge is 0.416 e. The third-order valence-electron chi connectivity index (χ3n) is 2.58. The Hall–Kier alpha value is -2.17. The zero-order valence-corrected chi connectivity index (χ0v) is 9.54. The van der Waals surface area contributed by atoms with Crippen LogP contribution in [0, 0.1) is 5.82 Å². The van der Waals surface area contributed by atoms with Crippen molar-refractivity contribution >= 4 is 5.78 Å². The first kappa shape index (κ1) is 13.3.